The summed E-state index contributed by atoms with van der Waals surface area (Å²) in [7, 11) is 1.36. The number of carboxylic acid groups (broad SMARTS) is 1. The minimum Gasteiger partial charge on any atom is -0.478 e. The second-order valence-electron chi connectivity index (χ2n) is 5.04. The van der Waals surface area contributed by atoms with Gasteiger partial charge in [-0.05, 0) is 31.2 Å². The SMILES string of the molecule is COC(C)C(=O)Nc1ccc(-n2ncc(C(=O)O)c2C(F)(F)F)cc1. The van der Waals surface area contributed by atoms with Gasteiger partial charge in [0.1, 0.15) is 11.7 Å². The van der Waals surface area contributed by atoms with Gasteiger partial charge in [-0.3, -0.25) is 4.79 Å². The first kappa shape index (κ1) is 18.5. The van der Waals surface area contributed by atoms with Gasteiger partial charge in [0.15, 0.2) is 5.69 Å². The van der Waals surface area contributed by atoms with E-state index in [4.69, 9.17) is 9.84 Å². The van der Waals surface area contributed by atoms with Gasteiger partial charge in [0.2, 0.25) is 0 Å². The highest BCUT2D eigenvalue weighted by molar-refractivity contribution is 5.94. The molecule has 7 nitrogen and oxygen atoms in total. The first-order valence-electron chi connectivity index (χ1n) is 6.97. The van der Waals surface area contributed by atoms with Crippen molar-refractivity contribution in [1.82, 2.24) is 9.78 Å². The summed E-state index contributed by atoms with van der Waals surface area (Å²) in [6.45, 7) is 1.54. The van der Waals surface area contributed by atoms with Crippen LogP contribution in [0, 0.1) is 0 Å². The lowest BCUT2D eigenvalue weighted by molar-refractivity contribution is -0.143. The lowest BCUT2D eigenvalue weighted by atomic mass is 10.2. The van der Waals surface area contributed by atoms with Gasteiger partial charge in [-0.15, -0.1) is 0 Å². The number of amides is 1. The van der Waals surface area contributed by atoms with E-state index in [1.54, 1.807) is 0 Å². The number of carboxylic acids is 1. The summed E-state index contributed by atoms with van der Waals surface area (Å²) < 4.78 is 44.9. The van der Waals surface area contributed by atoms with E-state index in [2.05, 4.69) is 10.4 Å². The van der Waals surface area contributed by atoms with E-state index in [0.717, 1.165) is 0 Å². The number of methoxy groups -OCH3 is 1. The standard InChI is InChI=1S/C15H14F3N3O4/c1-8(25-2)13(22)20-9-3-5-10(6-4-9)21-12(15(16,17)18)11(7-19-21)14(23)24/h3-8H,1-2H3,(H,20,22)(H,23,24). The molecule has 0 bridgehead atoms. The molecule has 0 saturated heterocycles. The minimum absolute atomic E-state index is 0.00221. The molecule has 25 heavy (non-hydrogen) atoms. The average Bonchev–Trinajstić information content (AvgIpc) is 3.00. The predicted octanol–water partition coefficient (Wildman–Crippen LogP) is 2.56. The molecule has 0 spiro atoms. The highest BCUT2D eigenvalue weighted by Crippen LogP contribution is 2.33. The lowest BCUT2D eigenvalue weighted by Gasteiger charge is -2.13. The van der Waals surface area contributed by atoms with Crippen molar-refractivity contribution in [2.75, 3.05) is 12.4 Å². The number of aromatic nitrogens is 2. The number of carbonyl (C=O) groups excluding carboxylic acids is 1. The van der Waals surface area contributed by atoms with Crippen LogP contribution in [0.2, 0.25) is 0 Å². The Morgan fingerprint density at radius 2 is 1.88 bits per heavy atom. The number of rotatable bonds is 5. The lowest BCUT2D eigenvalue weighted by Crippen LogP contribution is -2.26. The number of hydrogen-bond acceptors (Lipinski definition) is 4. The summed E-state index contributed by atoms with van der Waals surface area (Å²) in [5.41, 5.74) is -1.99. The Balaban J connectivity index is 2.35. The van der Waals surface area contributed by atoms with Gasteiger partial charge in [-0.1, -0.05) is 0 Å². The van der Waals surface area contributed by atoms with Crippen molar-refractivity contribution in [2.45, 2.75) is 19.2 Å². The fourth-order valence-electron chi connectivity index (χ4n) is 2.01. The van der Waals surface area contributed by atoms with Gasteiger partial charge in [0, 0.05) is 12.8 Å². The van der Waals surface area contributed by atoms with Crippen LogP contribution in [0.15, 0.2) is 30.5 Å². The molecule has 1 amide bonds. The number of aromatic carboxylic acids is 1. The molecule has 0 fully saturated rings. The zero-order valence-electron chi connectivity index (χ0n) is 13.2. The largest absolute Gasteiger partial charge is 0.478 e. The molecule has 1 atom stereocenters. The van der Waals surface area contributed by atoms with Crippen molar-refractivity contribution in [3.05, 3.63) is 41.7 Å². The normalized spacial score (nSPS) is 12.7. The number of alkyl halides is 3. The minimum atomic E-state index is -4.90. The molecule has 0 radical (unpaired) electrons. The maximum Gasteiger partial charge on any atom is 0.434 e. The second kappa shape index (κ2) is 6.93. The Labute approximate surface area is 140 Å². The third kappa shape index (κ3) is 3.97. The fraction of sp³-hybridized carbons (Fsp3) is 0.267. The highest BCUT2D eigenvalue weighted by atomic mass is 19.4. The predicted molar refractivity (Wildman–Crippen MR) is 80.6 cm³/mol. The van der Waals surface area contributed by atoms with Crippen LogP contribution in [-0.2, 0) is 15.7 Å². The molecule has 1 aromatic heterocycles. The van der Waals surface area contributed by atoms with Gasteiger partial charge in [-0.2, -0.15) is 18.3 Å². The number of nitrogens with zero attached hydrogens (tertiary/aromatic N) is 2. The second-order valence-corrected chi connectivity index (χ2v) is 5.04. The quantitative estimate of drug-likeness (QED) is 0.858. The fourth-order valence-corrected chi connectivity index (χ4v) is 2.01. The van der Waals surface area contributed by atoms with Crippen LogP contribution in [0.4, 0.5) is 18.9 Å². The zero-order valence-corrected chi connectivity index (χ0v) is 13.2. The Hall–Kier alpha value is -2.88. The van der Waals surface area contributed by atoms with Gasteiger partial charge < -0.3 is 15.2 Å². The zero-order chi connectivity index (χ0) is 18.8. The van der Waals surface area contributed by atoms with Crippen molar-refractivity contribution >= 4 is 17.6 Å². The number of nitrogens with one attached hydrogen (secondary N) is 1. The summed E-state index contributed by atoms with van der Waals surface area (Å²) in [5, 5.41) is 14.9. The van der Waals surface area contributed by atoms with Crippen molar-refractivity contribution in [1.29, 1.82) is 0 Å². The maximum atomic E-state index is 13.2. The van der Waals surface area contributed by atoms with E-state index in [1.165, 1.54) is 38.3 Å². The number of benzene rings is 1. The Kier molecular flexibility index (Phi) is 5.12. The first-order chi connectivity index (χ1) is 11.6. The smallest absolute Gasteiger partial charge is 0.434 e. The Morgan fingerprint density at radius 1 is 1.28 bits per heavy atom. The maximum absolute atomic E-state index is 13.2. The molecule has 1 aromatic carbocycles. The number of hydrogen-bond donors (Lipinski definition) is 2. The van der Waals surface area contributed by atoms with E-state index in [-0.39, 0.29) is 5.69 Å². The van der Waals surface area contributed by atoms with Gasteiger partial charge in [0.05, 0.1) is 11.9 Å². The molecule has 2 aromatic rings. The Morgan fingerprint density at radius 3 is 2.36 bits per heavy atom. The van der Waals surface area contributed by atoms with Crippen molar-refractivity contribution < 1.29 is 32.6 Å². The summed E-state index contributed by atoms with van der Waals surface area (Å²) in [6.07, 6.45) is -4.95. The van der Waals surface area contributed by atoms with Crippen LogP contribution in [0.25, 0.3) is 5.69 Å². The average molecular weight is 357 g/mol. The van der Waals surface area contributed by atoms with E-state index in [1.807, 2.05) is 0 Å². The third-order valence-corrected chi connectivity index (χ3v) is 3.37. The molecule has 0 saturated carbocycles. The molecule has 0 aliphatic rings. The monoisotopic (exact) mass is 357 g/mol. The van der Waals surface area contributed by atoms with Gasteiger partial charge in [-0.25, -0.2) is 9.48 Å². The van der Waals surface area contributed by atoms with Crippen LogP contribution in [0.3, 0.4) is 0 Å². The summed E-state index contributed by atoms with van der Waals surface area (Å²) in [4.78, 5) is 22.7. The van der Waals surface area contributed by atoms with Gasteiger partial charge in [0.25, 0.3) is 5.91 Å². The van der Waals surface area contributed by atoms with Crippen LogP contribution in [0.5, 0.6) is 0 Å². The van der Waals surface area contributed by atoms with Crippen molar-refractivity contribution in [3.63, 3.8) is 0 Å². The number of halogens is 3. The van der Waals surface area contributed by atoms with Crippen LogP contribution >= 0.6 is 0 Å². The summed E-state index contributed by atoms with van der Waals surface area (Å²) in [5.74, 6) is -2.14. The van der Waals surface area contributed by atoms with E-state index >= 15 is 0 Å². The molecule has 0 aliphatic carbocycles. The summed E-state index contributed by atoms with van der Waals surface area (Å²) in [6, 6.07) is 5.30. The van der Waals surface area contributed by atoms with E-state index in [0.29, 0.717) is 16.6 Å². The molecule has 2 N–H and O–H groups in total. The molecule has 2 rings (SSSR count). The topological polar surface area (TPSA) is 93.5 Å². The third-order valence-electron chi connectivity index (χ3n) is 3.37. The van der Waals surface area contributed by atoms with Crippen molar-refractivity contribution in [3.8, 4) is 5.69 Å². The molecular weight excluding hydrogens is 343 g/mol. The molecule has 1 unspecified atom stereocenters. The van der Waals surface area contributed by atoms with Crippen molar-refractivity contribution in [2.24, 2.45) is 0 Å². The first-order valence-corrected chi connectivity index (χ1v) is 6.97. The van der Waals surface area contributed by atoms with Crippen LogP contribution in [-0.4, -0.2) is 40.0 Å². The summed E-state index contributed by atoms with van der Waals surface area (Å²) >= 11 is 0. The molecule has 10 heteroatoms. The van der Waals surface area contributed by atoms with E-state index in [9.17, 15) is 22.8 Å². The molecular formula is C15H14F3N3O4. The highest BCUT2D eigenvalue weighted by Gasteiger charge is 2.40. The van der Waals surface area contributed by atoms with Gasteiger partial charge >= 0.3 is 12.1 Å². The van der Waals surface area contributed by atoms with E-state index < -0.39 is 35.4 Å². The number of anilines is 1. The molecule has 134 valence electrons. The molecule has 0 aliphatic heterocycles. The Bertz CT molecular complexity index is 784. The van der Waals surface area contributed by atoms with Crippen LogP contribution < -0.4 is 5.32 Å². The number of ether oxygens (including phenoxy) is 1. The number of carbonyl (C=O) groups is 2. The molecule has 1 heterocycles. The van der Waals surface area contributed by atoms with Crippen LogP contribution in [0.1, 0.15) is 23.0 Å².